The summed E-state index contributed by atoms with van der Waals surface area (Å²) in [6.07, 6.45) is 4.21. The minimum Gasteiger partial charge on any atom is -0.494 e. The summed E-state index contributed by atoms with van der Waals surface area (Å²) < 4.78 is 5.67. The van der Waals surface area contributed by atoms with Gasteiger partial charge in [0.2, 0.25) is 0 Å². The molecule has 0 radical (unpaired) electrons. The highest BCUT2D eigenvalue weighted by molar-refractivity contribution is 6.36. The molecule has 0 aliphatic carbocycles. The number of rotatable bonds is 9. The highest BCUT2D eigenvalue weighted by Gasteiger charge is 2.39. The molecule has 0 fully saturated rings. The third kappa shape index (κ3) is 5.01. The van der Waals surface area contributed by atoms with Crippen molar-refractivity contribution in [1.29, 1.82) is 0 Å². The Kier molecular flexibility index (Phi) is 7.07. The smallest absolute Gasteiger partial charge is 0.278 e. The molecular weight excluding hydrogens is 426 g/mol. The van der Waals surface area contributed by atoms with E-state index in [4.69, 9.17) is 4.74 Å². The van der Waals surface area contributed by atoms with E-state index in [1.165, 1.54) is 10.5 Å². The van der Waals surface area contributed by atoms with Gasteiger partial charge in [0.25, 0.3) is 11.8 Å². The summed E-state index contributed by atoms with van der Waals surface area (Å²) in [6.45, 7) is 7.11. The summed E-state index contributed by atoms with van der Waals surface area (Å²) in [5.74, 6) is 0.458. The minimum absolute atomic E-state index is 0.179. The molecule has 3 aromatic rings. The van der Waals surface area contributed by atoms with Crippen LogP contribution in [0.2, 0.25) is 0 Å². The van der Waals surface area contributed by atoms with Crippen molar-refractivity contribution >= 4 is 23.1 Å². The van der Waals surface area contributed by atoms with Crippen LogP contribution < -0.4 is 10.1 Å². The van der Waals surface area contributed by atoms with Gasteiger partial charge in [0.1, 0.15) is 11.4 Å². The van der Waals surface area contributed by atoms with E-state index in [0.29, 0.717) is 23.7 Å². The first-order valence-corrected chi connectivity index (χ1v) is 11.6. The molecule has 6 nitrogen and oxygen atoms in total. The fourth-order valence-electron chi connectivity index (χ4n) is 3.81. The van der Waals surface area contributed by atoms with Gasteiger partial charge in [-0.1, -0.05) is 45.0 Å². The maximum atomic E-state index is 13.5. The summed E-state index contributed by atoms with van der Waals surface area (Å²) in [7, 11) is 0. The van der Waals surface area contributed by atoms with Crippen LogP contribution in [-0.2, 0) is 16.1 Å². The van der Waals surface area contributed by atoms with Crippen LogP contribution in [0.25, 0.3) is 5.57 Å². The van der Waals surface area contributed by atoms with Crippen molar-refractivity contribution < 1.29 is 14.3 Å². The third-order valence-corrected chi connectivity index (χ3v) is 5.72. The molecule has 2 amide bonds. The van der Waals surface area contributed by atoms with Gasteiger partial charge in [-0.3, -0.25) is 19.5 Å². The molecule has 0 saturated heterocycles. The van der Waals surface area contributed by atoms with E-state index < -0.39 is 0 Å². The van der Waals surface area contributed by atoms with Crippen LogP contribution in [0.15, 0.2) is 78.8 Å². The van der Waals surface area contributed by atoms with Gasteiger partial charge < -0.3 is 10.1 Å². The highest BCUT2D eigenvalue weighted by Crippen LogP contribution is 2.32. The van der Waals surface area contributed by atoms with Crippen LogP contribution in [0.3, 0.4) is 0 Å². The van der Waals surface area contributed by atoms with E-state index in [1.807, 2.05) is 55.5 Å². The number of nitrogens with zero attached hydrogens (tertiary/aromatic N) is 2. The number of carbonyl (C=O) groups excluding carboxylic acids is 2. The molecule has 2 heterocycles. The highest BCUT2D eigenvalue weighted by atomic mass is 16.5. The number of pyridine rings is 1. The van der Waals surface area contributed by atoms with Crippen LogP contribution >= 0.6 is 0 Å². The first kappa shape index (κ1) is 23.2. The van der Waals surface area contributed by atoms with Gasteiger partial charge in [0.05, 0.1) is 18.7 Å². The van der Waals surface area contributed by atoms with E-state index in [-0.39, 0.29) is 24.1 Å². The maximum absolute atomic E-state index is 13.5. The van der Waals surface area contributed by atoms with Crippen LogP contribution in [0.1, 0.15) is 49.8 Å². The largest absolute Gasteiger partial charge is 0.494 e. The average molecular weight is 456 g/mol. The zero-order valence-electron chi connectivity index (χ0n) is 19.7. The number of benzene rings is 2. The fraction of sp³-hybridized carbons (Fsp3) is 0.250. The Morgan fingerprint density at radius 2 is 1.59 bits per heavy atom. The molecule has 1 N–H and O–H groups in total. The van der Waals surface area contributed by atoms with Crippen molar-refractivity contribution in [2.24, 2.45) is 0 Å². The monoisotopic (exact) mass is 455 g/mol. The average Bonchev–Trinajstić information content (AvgIpc) is 3.08. The molecule has 0 unspecified atom stereocenters. The van der Waals surface area contributed by atoms with E-state index in [2.05, 4.69) is 24.1 Å². The second-order valence-electron chi connectivity index (χ2n) is 8.58. The Balaban J connectivity index is 1.68. The minimum atomic E-state index is -0.351. The predicted molar refractivity (Wildman–Crippen MR) is 133 cm³/mol. The molecule has 0 bridgehead atoms. The van der Waals surface area contributed by atoms with Crippen molar-refractivity contribution in [1.82, 2.24) is 9.88 Å². The molecule has 4 rings (SSSR count). The summed E-state index contributed by atoms with van der Waals surface area (Å²) >= 11 is 0. The molecule has 0 atom stereocenters. The van der Waals surface area contributed by atoms with E-state index in [1.54, 1.807) is 24.5 Å². The molecule has 1 aliphatic heterocycles. The summed E-state index contributed by atoms with van der Waals surface area (Å²) in [5, 5.41) is 3.22. The second-order valence-corrected chi connectivity index (χ2v) is 8.58. The molecule has 6 heteroatoms. The van der Waals surface area contributed by atoms with Crippen LogP contribution in [-0.4, -0.2) is 28.3 Å². The Labute approximate surface area is 200 Å². The normalized spacial score (nSPS) is 13.7. The number of hydrogen-bond donors (Lipinski definition) is 1. The number of ether oxygens (including phenoxy) is 1. The van der Waals surface area contributed by atoms with Gasteiger partial charge in [-0.2, -0.15) is 0 Å². The zero-order valence-corrected chi connectivity index (χ0v) is 19.7. The SMILES string of the molecule is CCCOc1ccc(C2=C(Nc3ccc(C(C)C)cc3)C(=O)N(Cc3ccncc3)C2=O)cc1. The lowest BCUT2D eigenvalue weighted by Crippen LogP contribution is -2.32. The number of imide groups is 1. The van der Waals surface area contributed by atoms with Gasteiger partial charge in [-0.05, 0) is 65.4 Å². The summed E-state index contributed by atoms with van der Waals surface area (Å²) in [4.78, 5) is 32.2. The van der Waals surface area contributed by atoms with E-state index >= 15 is 0 Å². The Bertz CT molecular complexity index is 1180. The van der Waals surface area contributed by atoms with Crippen molar-refractivity contribution in [3.8, 4) is 5.75 Å². The van der Waals surface area contributed by atoms with Crippen molar-refractivity contribution in [2.75, 3.05) is 11.9 Å². The number of anilines is 1. The number of nitrogens with one attached hydrogen (secondary N) is 1. The quantitative estimate of drug-likeness (QED) is 0.438. The van der Waals surface area contributed by atoms with Crippen LogP contribution in [0.4, 0.5) is 5.69 Å². The van der Waals surface area contributed by atoms with Crippen molar-refractivity contribution in [2.45, 2.75) is 39.7 Å². The third-order valence-electron chi connectivity index (χ3n) is 5.72. The second kappa shape index (κ2) is 10.3. The lowest BCUT2D eigenvalue weighted by atomic mass is 10.0. The molecule has 0 spiro atoms. The molecule has 174 valence electrons. The molecule has 34 heavy (non-hydrogen) atoms. The van der Waals surface area contributed by atoms with Gasteiger partial charge >= 0.3 is 0 Å². The number of aromatic nitrogens is 1. The molecule has 1 aromatic heterocycles. The summed E-state index contributed by atoms with van der Waals surface area (Å²) in [6, 6.07) is 18.8. The Morgan fingerprint density at radius 1 is 0.912 bits per heavy atom. The van der Waals surface area contributed by atoms with Crippen LogP contribution in [0.5, 0.6) is 5.75 Å². The van der Waals surface area contributed by atoms with Gasteiger partial charge in [-0.25, -0.2) is 0 Å². The topological polar surface area (TPSA) is 71.5 Å². The molecule has 1 aliphatic rings. The van der Waals surface area contributed by atoms with Crippen LogP contribution in [0, 0.1) is 0 Å². The molecule has 2 aromatic carbocycles. The lowest BCUT2D eigenvalue weighted by Gasteiger charge is -2.15. The standard InChI is InChI=1S/C28H29N3O3/c1-4-17-34-24-11-7-22(8-12-24)25-26(30-23-9-5-21(6-10-23)19(2)3)28(33)31(27(25)32)18-20-13-15-29-16-14-20/h5-16,19,30H,4,17-18H2,1-3H3. The van der Waals surface area contributed by atoms with E-state index in [9.17, 15) is 9.59 Å². The molecular formula is C28H29N3O3. The number of amides is 2. The van der Waals surface area contributed by atoms with E-state index in [0.717, 1.165) is 23.4 Å². The first-order valence-electron chi connectivity index (χ1n) is 11.6. The fourth-order valence-corrected chi connectivity index (χ4v) is 3.81. The number of carbonyl (C=O) groups is 2. The summed E-state index contributed by atoms with van der Waals surface area (Å²) in [5.41, 5.74) is 4.09. The first-order chi connectivity index (χ1) is 16.5. The van der Waals surface area contributed by atoms with Gasteiger partial charge in [0, 0.05) is 18.1 Å². The maximum Gasteiger partial charge on any atom is 0.278 e. The Hall–Kier alpha value is -3.93. The Morgan fingerprint density at radius 3 is 2.21 bits per heavy atom. The predicted octanol–water partition coefficient (Wildman–Crippen LogP) is 5.39. The van der Waals surface area contributed by atoms with Gasteiger partial charge in [0.15, 0.2) is 0 Å². The lowest BCUT2D eigenvalue weighted by molar-refractivity contribution is -0.137. The zero-order chi connectivity index (χ0) is 24.1. The molecule has 0 saturated carbocycles. The number of hydrogen-bond acceptors (Lipinski definition) is 5. The van der Waals surface area contributed by atoms with Crippen molar-refractivity contribution in [3.05, 3.63) is 95.4 Å². The van der Waals surface area contributed by atoms with Gasteiger partial charge in [-0.15, -0.1) is 0 Å². The van der Waals surface area contributed by atoms with Crippen molar-refractivity contribution in [3.63, 3.8) is 0 Å².